The van der Waals surface area contributed by atoms with E-state index in [1.54, 1.807) is 7.05 Å². The SMILES string of the molecule is CN(C(=O)O)C1CCN(CCCl)C1. The first-order valence-corrected chi connectivity index (χ1v) is 4.92. The molecule has 5 heteroatoms. The highest BCUT2D eigenvalue weighted by Gasteiger charge is 2.27. The lowest BCUT2D eigenvalue weighted by molar-refractivity contribution is 0.139. The van der Waals surface area contributed by atoms with Crippen LogP contribution in [0, 0.1) is 0 Å². The quantitative estimate of drug-likeness (QED) is 0.699. The summed E-state index contributed by atoms with van der Waals surface area (Å²) in [5.41, 5.74) is 0. The predicted octanol–water partition coefficient (Wildman–Crippen LogP) is 0.909. The minimum Gasteiger partial charge on any atom is -0.465 e. The highest BCUT2D eigenvalue weighted by Crippen LogP contribution is 2.13. The van der Waals surface area contributed by atoms with Crippen molar-refractivity contribution in [2.75, 3.05) is 32.6 Å². The van der Waals surface area contributed by atoms with Gasteiger partial charge in [-0.15, -0.1) is 11.6 Å². The van der Waals surface area contributed by atoms with Crippen molar-refractivity contribution >= 4 is 17.7 Å². The van der Waals surface area contributed by atoms with Gasteiger partial charge in [0, 0.05) is 38.6 Å². The minimum absolute atomic E-state index is 0.140. The van der Waals surface area contributed by atoms with Gasteiger partial charge in [0.1, 0.15) is 0 Å². The Morgan fingerprint density at radius 3 is 3.00 bits per heavy atom. The Bertz CT molecular complexity index is 189. The summed E-state index contributed by atoms with van der Waals surface area (Å²) in [4.78, 5) is 14.2. The fourth-order valence-electron chi connectivity index (χ4n) is 1.61. The van der Waals surface area contributed by atoms with Gasteiger partial charge in [-0.1, -0.05) is 0 Å². The van der Waals surface area contributed by atoms with Gasteiger partial charge >= 0.3 is 6.09 Å². The van der Waals surface area contributed by atoms with Crippen molar-refractivity contribution in [1.82, 2.24) is 9.80 Å². The zero-order valence-electron chi connectivity index (χ0n) is 7.74. The van der Waals surface area contributed by atoms with Gasteiger partial charge in [-0.3, -0.25) is 0 Å². The lowest BCUT2D eigenvalue weighted by Gasteiger charge is -2.21. The molecule has 76 valence electrons. The summed E-state index contributed by atoms with van der Waals surface area (Å²) in [6.07, 6.45) is 0.0670. The fraction of sp³-hybridized carbons (Fsp3) is 0.875. The molecule has 0 radical (unpaired) electrons. The van der Waals surface area contributed by atoms with Crippen molar-refractivity contribution in [2.45, 2.75) is 12.5 Å². The van der Waals surface area contributed by atoms with Crippen molar-refractivity contribution in [3.63, 3.8) is 0 Å². The average Bonchev–Trinajstić information content (AvgIpc) is 2.52. The van der Waals surface area contributed by atoms with Crippen LogP contribution in [0.1, 0.15) is 6.42 Å². The molecule has 0 aromatic carbocycles. The van der Waals surface area contributed by atoms with E-state index in [0.29, 0.717) is 5.88 Å². The summed E-state index contributed by atoms with van der Waals surface area (Å²) < 4.78 is 0. The van der Waals surface area contributed by atoms with E-state index in [2.05, 4.69) is 4.90 Å². The van der Waals surface area contributed by atoms with Crippen molar-refractivity contribution < 1.29 is 9.90 Å². The van der Waals surface area contributed by atoms with Crippen LogP contribution < -0.4 is 0 Å². The molecule has 4 nitrogen and oxygen atoms in total. The lowest BCUT2D eigenvalue weighted by atomic mass is 10.2. The van der Waals surface area contributed by atoms with E-state index in [4.69, 9.17) is 16.7 Å². The molecule has 1 fully saturated rings. The molecular formula is C8H15ClN2O2. The molecule has 0 spiro atoms. The molecule has 0 aromatic heterocycles. The Morgan fingerprint density at radius 2 is 2.46 bits per heavy atom. The number of amides is 1. The number of nitrogens with zero attached hydrogens (tertiary/aromatic N) is 2. The van der Waals surface area contributed by atoms with Crippen LogP contribution in [0.4, 0.5) is 4.79 Å². The smallest absolute Gasteiger partial charge is 0.407 e. The van der Waals surface area contributed by atoms with Crippen LogP contribution in [0.2, 0.25) is 0 Å². The molecular weight excluding hydrogens is 192 g/mol. The molecule has 1 rings (SSSR count). The first kappa shape index (κ1) is 10.6. The van der Waals surface area contributed by atoms with E-state index in [-0.39, 0.29) is 6.04 Å². The first-order chi connectivity index (χ1) is 6.15. The number of rotatable bonds is 3. The van der Waals surface area contributed by atoms with E-state index < -0.39 is 6.09 Å². The van der Waals surface area contributed by atoms with E-state index in [0.717, 1.165) is 26.1 Å². The van der Waals surface area contributed by atoms with Crippen LogP contribution in [0.25, 0.3) is 0 Å². The molecule has 1 heterocycles. The average molecular weight is 207 g/mol. The van der Waals surface area contributed by atoms with Crippen LogP contribution in [-0.4, -0.2) is 59.6 Å². The normalized spacial score (nSPS) is 23.4. The standard InChI is InChI=1S/C8H15ClN2O2/c1-10(8(12)13)7-2-4-11(6-7)5-3-9/h7H,2-6H2,1H3,(H,12,13). The highest BCUT2D eigenvalue weighted by atomic mass is 35.5. The molecule has 1 N–H and O–H groups in total. The molecule has 1 atom stereocenters. The van der Waals surface area contributed by atoms with Gasteiger partial charge in [0.05, 0.1) is 0 Å². The Kier molecular flexibility index (Phi) is 3.81. The highest BCUT2D eigenvalue weighted by molar-refractivity contribution is 6.18. The zero-order valence-corrected chi connectivity index (χ0v) is 8.50. The summed E-state index contributed by atoms with van der Waals surface area (Å²) in [5, 5.41) is 8.74. The van der Waals surface area contributed by atoms with Crippen LogP contribution in [0.15, 0.2) is 0 Å². The molecule has 1 aliphatic heterocycles. The molecule has 1 saturated heterocycles. The van der Waals surface area contributed by atoms with Gasteiger partial charge in [-0.05, 0) is 6.42 Å². The van der Waals surface area contributed by atoms with Crippen LogP contribution >= 0.6 is 11.6 Å². The number of hydrogen-bond donors (Lipinski definition) is 1. The van der Waals surface area contributed by atoms with Crippen LogP contribution in [-0.2, 0) is 0 Å². The molecule has 0 aliphatic carbocycles. The number of carbonyl (C=O) groups is 1. The maximum absolute atomic E-state index is 10.6. The van der Waals surface area contributed by atoms with E-state index >= 15 is 0 Å². The summed E-state index contributed by atoms with van der Waals surface area (Å²) in [6, 6.07) is 0.140. The molecule has 0 bridgehead atoms. The van der Waals surface area contributed by atoms with Crippen molar-refractivity contribution in [2.24, 2.45) is 0 Å². The van der Waals surface area contributed by atoms with Gasteiger partial charge < -0.3 is 14.9 Å². The number of likely N-dealkylation sites (tertiary alicyclic amines) is 1. The van der Waals surface area contributed by atoms with Gasteiger partial charge in [-0.25, -0.2) is 4.79 Å². The number of likely N-dealkylation sites (N-methyl/N-ethyl adjacent to an activating group) is 1. The van der Waals surface area contributed by atoms with Crippen molar-refractivity contribution in [3.05, 3.63) is 0 Å². The van der Waals surface area contributed by atoms with Crippen molar-refractivity contribution in [3.8, 4) is 0 Å². The number of hydrogen-bond acceptors (Lipinski definition) is 2. The topological polar surface area (TPSA) is 43.8 Å². The van der Waals surface area contributed by atoms with E-state index in [1.807, 2.05) is 0 Å². The van der Waals surface area contributed by atoms with Gasteiger partial charge in [0.25, 0.3) is 0 Å². The fourth-order valence-corrected chi connectivity index (χ4v) is 1.85. The largest absolute Gasteiger partial charge is 0.465 e. The van der Waals surface area contributed by atoms with Gasteiger partial charge in [0.2, 0.25) is 0 Å². The molecule has 1 aliphatic rings. The molecule has 0 saturated carbocycles. The number of carboxylic acid groups (broad SMARTS) is 1. The molecule has 1 amide bonds. The Morgan fingerprint density at radius 1 is 1.77 bits per heavy atom. The first-order valence-electron chi connectivity index (χ1n) is 4.39. The summed E-state index contributed by atoms with van der Waals surface area (Å²) in [5.74, 6) is 0.615. The maximum Gasteiger partial charge on any atom is 0.407 e. The van der Waals surface area contributed by atoms with Gasteiger partial charge in [0.15, 0.2) is 0 Å². The maximum atomic E-state index is 10.6. The van der Waals surface area contributed by atoms with Crippen LogP contribution in [0.5, 0.6) is 0 Å². The second-order valence-electron chi connectivity index (χ2n) is 3.33. The Hall–Kier alpha value is -0.480. The summed E-state index contributed by atoms with van der Waals surface area (Å²) >= 11 is 5.60. The Balaban J connectivity index is 2.36. The van der Waals surface area contributed by atoms with E-state index in [9.17, 15) is 4.79 Å². The van der Waals surface area contributed by atoms with Gasteiger partial charge in [-0.2, -0.15) is 0 Å². The summed E-state index contributed by atoms with van der Waals surface area (Å²) in [7, 11) is 1.62. The van der Waals surface area contributed by atoms with Crippen molar-refractivity contribution in [1.29, 1.82) is 0 Å². The Labute approximate surface area is 83.1 Å². The summed E-state index contributed by atoms with van der Waals surface area (Å²) in [6.45, 7) is 2.62. The second kappa shape index (κ2) is 4.67. The van der Waals surface area contributed by atoms with E-state index in [1.165, 1.54) is 4.90 Å². The molecule has 0 aromatic rings. The molecule has 13 heavy (non-hydrogen) atoms. The monoisotopic (exact) mass is 206 g/mol. The minimum atomic E-state index is -0.849. The number of halogens is 1. The zero-order chi connectivity index (χ0) is 9.84. The third kappa shape index (κ3) is 2.74. The lowest BCUT2D eigenvalue weighted by Crippen LogP contribution is -2.38. The predicted molar refractivity (Wildman–Crippen MR) is 51.4 cm³/mol. The van der Waals surface area contributed by atoms with Crippen LogP contribution in [0.3, 0.4) is 0 Å². The second-order valence-corrected chi connectivity index (χ2v) is 3.70. The number of alkyl halides is 1. The third-order valence-electron chi connectivity index (χ3n) is 2.50. The third-order valence-corrected chi connectivity index (χ3v) is 2.67. The molecule has 1 unspecified atom stereocenters.